The number of likely N-dealkylation sites (tertiary alicyclic amines) is 1. The van der Waals surface area contributed by atoms with E-state index in [-0.39, 0.29) is 31.0 Å². The Morgan fingerprint density at radius 1 is 1.34 bits per heavy atom. The molecule has 1 saturated heterocycles. The lowest BCUT2D eigenvalue weighted by Gasteiger charge is -2.30. The second-order valence-corrected chi connectivity index (χ2v) is 9.77. The molecule has 1 aliphatic heterocycles. The molecular formula is C21H28ClN7O3. The van der Waals surface area contributed by atoms with Gasteiger partial charge in [0.25, 0.3) is 0 Å². The van der Waals surface area contributed by atoms with Crippen molar-refractivity contribution < 1.29 is 14.3 Å². The van der Waals surface area contributed by atoms with Gasteiger partial charge in [-0.05, 0) is 73.7 Å². The minimum absolute atomic E-state index is 0.0851. The second kappa shape index (κ2) is 8.76. The number of aromatic nitrogens is 4. The first kappa shape index (κ1) is 22.6. The van der Waals surface area contributed by atoms with Crippen LogP contribution in [0.4, 0.5) is 0 Å². The lowest BCUT2D eigenvalue weighted by molar-refractivity contribution is -0.142. The maximum atomic E-state index is 13.1. The molecule has 0 bridgehead atoms. The summed E-state index contributed by atoms with van der Waals surface area (Å²) in [4.78, 5) is 27.8. The van der Waals surface area contributed by atoms with Crippen LogP contribution in [0.3, 0.4) is 0 Å². The van der Waals surface area contributed by atoms with Gasteiger partial charge in [-0.25, -0.2) is 4.68 Å². The molecule has 11 heteroatoms. The first-order chi connectivity index (χ1) is 15.1. The molecule has 10 nitrogen and oxygen atoms in total. The van der Waals surface area contributed by atoms with Gasteiger partial charge >= 0.3 is 0 Å². The van der Waals surface area contributed by atoms with Gasteiger partial charge in [0.2, 0.25) is 11.8 Å². The predicted octanol–water partition coefficient (Wildman–Crippen LogP) is 1.06. The Kier molecular flexibility index (Phi) is 6.19. The molecule has 0 unspecified atom stereocenters. The number of carbonyl (C=O) groups excluding carboxylic acids is 2. The standard InChI is InChI=1S/C21H28ClN7O3/c1-21(2,3)32-10-15(23)20(31)29-17-7-12(17)8-18(29)19(30)24-9-13-6-14(22)4-5-16(13)28-11-25-26-27-28/h4-6,11-12,15,17-18H,7-10,23H2,1-3H3,(H,24,30)/t12-,15+,17-,18-/m0/s1. The number of piperidine rings is 1. The highest BCUT2D eigenvalue weighted by Crippen LogP contribution is 2.48. The number of nitrogens with zero attached hydrogens (tertiary/aromatic N) is 5. The van der Waals surface area contributed by atoms with E-state index < -0.39 is 17.7 Å². The second-order valence-electron chi connectivity index (χ2n) is 9.34. The van der Waals surface area contributed by atoms with Crippen molar-refractivity contribution in [2.75, 3.05) is 6.61 Å². The Morgan fingerprint density at radius 2 is 2.12 bits per heavy atom. The lowest BCUT2D eigenvalue weighted by atomic mass is 10.1. The van der Waals surface area contributed by atoms with Crippen molar-refractivity contribution in [2.45, 2.75) is 63.9 Å². The number of fused-ring (bicyclic) bond motifs is 1. The zero-order chi connectivity index (χ0) is 23.0. The third-order valence-electron chi connectivity index (χ3n) is 5.77. The number of amides is 2. The Labute approximate surface area is 191 Å². The molecule has 2 aromatic rings. The zero-order valence-electron chi connectivity index (χ0n) is 18.4. The Morgan fingerprint density at radius 3 is 2.81 bits per heavy atom. The number of tetrazole rings is 1. The van der Waals surface area contributed by atoms with Gasteiger partial charge in [-0.15, -0.1) is 5.10 Å². The van der Waals surface area contributed by atoms with E-state index in [1.165, 1.54) is 11.0 Å². The number of hydrogen-bond donors (Lipinski definition) is 2. The molecule has 3 N–H and O–H groups in total. The van der Waals surface area contributed by atoms with Crippen molar-refractivity contribution in [3.05, 3.63) is 35.1 Å². The van der Waals surface area contributed by atoms with Crippen LogP contribution in [0.1, 0.15) is 39.2 Å². The first-order valence-electron chi connectivity index (χ1n) is 10.7. The summed E-state index contributed by atoms with van der Waals surface area (Å²) in [5.41, 5.74) is 7.20. The lowest BCUT2D eigenvalue weighted by Crippen LogP contribution is -2.54. The molecule has 2 aliphatic rings. The van der Waals surface area contributed by atoms with Crippen molar-refractivity contribution >= 4 is 23.4 Å². The van der Waals surface area contributed by atoms with Crippen molar-refractivity contribution in [3.8, 4) is 5.69 Å². The number of carbonyl (C=O) groups is 2. The smallest absolute Gasteiger partial charge is 0.243 e. The molecule has 0 spiro atoms. The van der Waals surface area contributed by atoms with E-state index in [9.17, 15) is 9.59 Å². The van der Waals surface area contributed by atoms with Crippen LogP contribution >= 0.6 is 11.6 Å². The fourth-order valence-corrected chi connectivity index (χ4v) is 4.30. The topological polar surface area (TPSA) is 128 Å². The van der Waals surface area contributed by atoms with Gasteiger partial charge in [0.1, 0.15) is 18.4 Å². The van der Waals surface area contributed by atoms with Gasteiger partial charge in [-0.1, -0.05) is 11.6 Å². The van der Waals surface area contributed by atoms with Crippen LogP contribution in [0.5, 0.6) is 0 Å². The first-order valence-corrected chi connectivity index (χ1v) is 11.0. The van der Waals surface area contributed by atoms with E-state index >= 15 is 0 Å². The van der Waals surface area contributed by atoms with Crippen LogP contribution in [0, 0.1) is 5.92 Å². The number of nitrogens with two attached hydrogens (primary N) is 1. The van der Waals surface area contributed by atoms with Gasteiger partial charge in [0.15, 0.2) is 0 Å². The SMILES string of the molecule is CC(C)(C)OC[C@@H](N)C(=O)N1[C@H](C(=O)NCc2cc(Cl)ccc2-n2cnnn2)C[C@@H]2C[C@@H]21. The van der Waals surface area contributed by atoms with Crippen LogP contribution in [0.2, 0.25) is 5.02 Å². The number of nitrogens with one attached hydrogen (secondary N) is 1. The molecule has 32 heavy (non-hydrogen) atoms. The number of ether oxygens (including phenoxy) is 1. The molecule has 0 radical (unpaired) electrons. The average Bonchev–Trinajstić information content (AvgIpc) is 3.14. The van der Waals surface area contributed by atoms with Crippen molar-refractivity contribution in [1.29, 1.82) is 0 Å². The highest BCUT2D eigenvalue weighted by molar-refractivity contribution is 6.30. The zero-order valence-corrected chi connectivity index (χ0v) is 19.1. The van der Waals surface area contributed by atoms with Crippen LogP contribution in [0.15, 0.2) is 24.5 Å². The average molecular weight is 462 g/mol. The molecule has 2 heterocycles. The molecule has 2 amide bonds. The van der Waals surface area contributed by atoms with Gasteiger partial charge in [-0.3, -0.25) is 9.59 Å². The van der Waals surface area contributed by atoms with Gasteiger partial charge in [0, 0.05) is 17.6 Å². The normalized spacial score (nSPS) is 23.0. The molecule has 1 aliphatic carbocycles. The third-order valence-corrected chi connectivity index (χ3v) is 6.00. The van der Waals surface area contributed by atoms with Crippen molar-refractivity contribution in [2.24, 2.45) is 11.7 Å². The summed E-state index contributed by atoms with van der Waals surface area (Å²) < 4.78 is 7.18. The molecule has 172 valence electrons. The van der Waals surface area contributed by atoms with Crippen molar-refractivity contribution in [3.63, 3.8) is 0 Å². The van der Waals surface area contributed by atoms with E-state index in [4.69, 9.17) is 22.1 Å². The fraction of sp³-hybridized carbons (Fsp3) is 0.571. The summed E-state index contributed by atoms with van der Waals surface area (Å²) >= 11 is 6.15. The van der Waals surface area contributed by atoms with E-state index in [1.54, 1.807) is 23.1 Å². The summed E-state index contributed by atoms with van der Waals surface area (Å²) in [6, 6.07) is 4.02. The Balaban J connectivity index is 1.42. The quantitative estimate of drug-likeness (QED) is 0.630. The molecule has 4 rings (SSSR count). The minimum atomic E-state index is -0.803. The van der Waals surface area contributed by atoms with E-state index in [0.29, 0.717) is 23.0 Å². The van der Waals surface area contributed by atoms with Crippen LogP contribution in [0.25, 0.3) is 5.69 Å². The van der Waals surface area contributed by atoms with Crippen LogP contribution < -0.4 is 11.1 Å². The minimum Gasteiger partial charge on any atom is -0.374 e. The van der Waals surface area contributed by atoms with Crippen molar-refractivity contribution in [1.82, 2.24) is 30.4 Å². The van der Waals surface area contributed by atoms with Gasteiger partial charge < -0.3 is 20.7 Å². The van der Waals surface area contributed by atoms with Gasteiger partial charge in [0.05, 0.1) is 17.9 Å². The predicted molar refractivity (Wildman–Crippen MR) is 117 cm³/mol. The van der Waals surface area contributed by atoms with E-state index in [1.807, 2.05) is 20.8 Å². The largest absolute Gasteiger partial charge is 0.374 e. The summed E-state index contributed by atoms with van der Waals surface area (Å²) in [5, 5.41) is 14.7. The third kappa shape index (κ3) is 4.92. The summed E-state index contributed by atoms with van der Waals surface area (Å²) in [6.07, 6.45) is 3.03. The van der Waals surface area contributed by atoms with Gasteiger partial charge in [-0.2, -0.15) is 0 Å². The monoisotopic (exact) mass is 461 g/mol. The van der Waals surface area contributed by atoms with E-state index in [2.05, 4.69) is 20.8 Å². The maximum absolute atomic E-state index is 13.1. The highest BCUT2D eigenvalue weighted by atomic mass is 35.5. The maximum Gasteiger partial charge on any atom is 0.243 e. The molecule has 1 saturated carbocycles. The number of halogens is 1. The number of rotatable bonds is 7. The highest BCUT2D eigenvalue weighted by Gasteiger charge is 2.56. The van der Waals surface area contributed by atoms with Crippen LogP contribution in [-0.4, -0.2) is 67.3 Å². The molecule has 4 atom stereocenters. The number of benzene rings is 1. The van der Waals surface area contributed by atoms with E-state index in [0.717, 1.165) is 12.0 Å². The number of hydrogen-bond acceptors (Lipinski definition) is 7. The Bertz CT molecular complexity index is 992. The Hall–Kier alpha value is -2.56. The molecule has 2 fully saturated rings. The summed E-state index contributed by atoms with van der Waals surface area (Å²) in [6.45, 7) is 6.07. The summed E-state index contributed by atoms with van der Waals surface area (Å²) in [5.74, 6) is -0.0953. The summed E-state index contributed by atoms with van der Waals surface area (Å²) in [7, 11) is 0. The molecule has 1 aromatic heterocycles. The fourth-order valence-electron chi connectivity index (χ4n) is 4.10. The molecule has 1 aromatic carbocycles. The van der Waals surface area contributed by atoms with Crippen LogP contribution in [-0.2, 0) is 20.9 Å². The molecular weight excluding hydrogens is 434 g/mol.